The number of fused-ring (bicyclic) bond motifs is 1. The Morgan fingerprint density at radius 2 is 1.80 bits per heavy atom. The van der Waals surface area contributed by atoms with E-state index < -0.39 is 0 Å². The summed E-state index contributed by atoms with van der Waals surface area (Å²) in [5.74, 6) is 0.0569. The maximum Gasteiger partial charge on any atom is 0.237 e. The summed E-state index contributed by atoms with van der Waals surface area (Å²) >= 11 is 0. The molecule has 1 amide bonds. The molecule has 0 unspecified atom stereocenters. The zero-order chi connectivity index (χ0) is 14.4. The Morgan fingerprint density at radius 1 is 1.15 bits per heavy atom. The fraction of sp³-hybridized carbons (Fsp3) is 0.533. The van der Waals surface area contributed by atoms with Crippen molar-refractivity contribution < 1.29 is 15.0 Å². The summed E-state index contributed by atoms with van der Waals surface area (Å²) in [5, 5.41) is 17.9. The first-order chi connectivity index (χ1) is 9.74. The van der Waals surface area contributed by atoms with Crippen molar-refractivity contribution >= 4 is 5.91 Å². The van der Waals surface area contributed by atoms with Crippen LogP contribution in [0.5, 0.6) is 0 Å². The molecule has 5 heteroatoms. The number of nitrogens with zero attached hydrogens (tertiary/aromatic N) is 2. The molecule has 20 heavy (non-hydrogen) atoms. The monoisotopic (exact) mass is 278 g/mol. The van der Waals surface area contributed by atoms with Crippen LogP contribution in [0.2, 0.25) is 0 Å². The predicted octanol–water partition coefficient (Wildman–Crippen LogP) is -0.142. The van der Waals surface area contributed by atoms with Gasteiger partial charge in [0, 0.05) is 26.2 Å². The first kappa shape index (κ1) is 15.0. The lowest BCUT2D eigenvalue weighted by atomic mass is 10.00. The van der Waals surface area contributed by atoms with Crippen LogP contribution in [0.1, 0.15) is 11.1 Å². The standard InChI is InChI=1S/C15H22N2O3/c18-9-7-16(8-10-19)12-15(20)17-6-5-13-3-1-2-4-14(13)11-17/h1-4,18-19H,5-12H2. The first-order valence-electron chi connectivity index (χ1n) is 7.03. The highest BCUT2D eigenvalue weighted by Crippen LogP contribution is 2.18. The highest BCUT2D eigenvalue weighted by molar-refractivity contribution is 5.78. The van der Waals surface area contributed by atoms with Crippen molar-refractivity contribution in [1.82, 2.24) is 9.80 Å². The molecule has 110 valence electrons. The molecule has 0 atom stereocenters. The van der Waals surface area contributed by atoms with Crippen LogP contribution in [0.4, 0.5) is 0 Å². The summed E-state index contributed by atoms with van der Waals surface area (Å²) in [4.78, 5) is 15.9. The molecule has 5 nitrogen and oxygen atoms in total. The van der Waals surface area contributed by atoms with E-state index in [1.165, 1.54) is 11.1 Å². The number of hydrogen-bond acceptors (Lipinski definition) is 4. The zero-order valence-corrected chi connectivity index (χ0v) is 11.7. The van der Waals surface area contributed by atoms with Crippen LogP contribution in [0.15, 0.2) is 24.3 Å². The molecule has 0 radical (unpaired) electrons. The van der Waals surface area contributed by atoms with Gasteiger partial charge in [-0.15, -0.1) is 0 Å². The third kappa shape index (κ3) is 3.79. The van der Waals surface area contributed by atoms with Crippen molar-refractivity contribution in [3.8, 4) is 0 Å². The number of aliphatic hydroxyl groups excluding tert-OH is 2. The van der Waals surface area contributed by atoms with E-state index in [-0.39, 0.29) is 25.7 Å². The fourth-order valence-electron chi connectivity index (χ4n) is 2.55. The number of aliphatic hydroxyl groups is 2. The summed E-state index contributed by atoms with van der Waals surface area (Å²) in [5.41, 5.74) is 2.53. The van der Waals surface area contributed by atoms with Crippen LogP contribution in [0.25, 0.3) is 0 Å². The molecule has 2 N–H and O–H groups in total. The Hall–Kier alpha value is -1.43. The van der Waals surface area contributed by atoms with Crippen molar-refractivity contribution in [1.29, 1.82) is 0 Å². The largest absolute Gasteiger partial charge is 0.395 e. The Balaban J connectivity index is 1.93. The lowest BCUT2D eigenvalue weighted by molar-refractivity contribution is -0.133. The third-order valence-electron chi connectivity index (χ3n) is 3.67. The van der Waals surface area contributed by atoms with Gasteiger partial charge >= 0.3 is 0 Å². The van der Waals surface area contributed by atoms with Crippen molar-refractivity contribution in [2.24, 2.45) is 0 Å². The molecular formula is C15H22N2O3. The van der Waals surface area contributed by atoms with Crippen LogP contribution in [0.3, 0.4) is 0 Å². The minimum absolute atomic E-state index is 0.00386. The number of hydrogen-bond donors (Lipinski definition) is 2. The highest BCUT2D eigenvalue weighted by atomic mass is 16.3. The molecule has 1 aliphatic rings. The fourth-order valence-corrected chi connectivity index (χ4v) is 2.55. The number of rotatable bonds is 6. The molecule has 0 aliphatic carbocycles. The van der Waals surface area contributed by atoms with Crippen LogP contribution < -0.4 is 0 Å². The molecule has 0 aromatic heterocycles. The van der Waals surface area contributed by atoms with Crippen LogP contribution in [0, 0.1) is 0 Å². The van der Waals surface area contributed by atoms with Gasteiger partial charge in [-0.1, -0.05) is 24.3 Å². The zero-order valence-electron chi connectivity index (χ0n) is 11.7. The van der Waals surface area contributed by atoms with Gasteiger partial charge in [-0.05, 0) is 17.5 Å². The van der Waals surface area contributed by atoms with E-state index in [0.717, 1.165) is 13.0 Å². The second kappa shape index (κ2) is 7.38. The Kier molecular flexibility index (Phi) is 5.52. The first-order valence-corrected chi connectivity index (χ1v) is 7.03. The lowest BCUT2D eigenvalue weighted by Crippen LogP contribution is -2.44. The SMILES string of the molecule is O=C(CN(CCO)CCO)N1CCc2ccccc2C1. The molecule has 1 heterocycles. The Morgan fingerprint density at radius 3 is 2.45 bits per heavy atom. The number of carbonyl (C=O) groups is 1. The van der Waals surface area contributed by atoms with E-state index >= 15 is 0 Å². The Labute approximate surface area is 119 Å². The van der Waals surface area contributed by atoms with Crippen LogP contribution in [-0.2, 0) is 17.8 Å². The van der Waals surface area contributed by atoms with E-state index in [2.05, 4.69) is 12.1 Å². The van der Waals surface area contributed by atoms with Gasteiger partial charge in [0.2, 0.25) is 5.91 Å². The van der Waals surface area contributed by atoms with Gasteiger partial charge < -0.3 is 15.1 Å². The molecule has 2 rings (SSSR count). The minimum Gasteiger partial charge on any atom is -0.395 e. The van der Waals surface area contributed by atoms with E-state index in [0.29, 0.717) is 19.6 Å². The molecule has 0 spiro atoms. The molecular weight excluding hydrogens is 256 g/mol. The summed E-state index contributed by atoms with van der Waals surface area (Å²) in [6.07, 6.45) is 0.891. The topological polar surface area (TPSA) is 64.0 Å². The summed E-state index contributed by atoms with van der Waals surface area (Å²) in [6.45, 7) is 2.46. The molecule has 1 aliphatic heterocycles. The van der Waals surface area contributed by atoms with E-state index in [1.807, 2.05) is 17.0 Å². The van der Waals surface area contributed by atoms with E-state index in [1.54, 1.807) is 4.90 Å². The van der Waals surface area contributed by atoms with Gasteiger partial charge in [0.15, 0.2) is 0 Å². The van der Waals surface area contributed by atoms with Crippen molar-refractivity contribution in [2.45, 2.75) is 13.0 Å². The molecule has 1 aromatic carbocycles. The highest BCUT2D eigenvalue weighted by Gasteiger charge is 2.21. The number of benzene rings is 1. The summed E-state index contributed by atoms with van der Waals surface area (Å²) in [6, 6.07) is 8.20. The molecule has 0 bridgehead atoms. The lowest BCUT2D eigenvalue weighted by Gasteiger charge is -2.31. The van der Waals surface area contributed by atoms with Crippen LogP contribution >= 0.6 is 0 Å². The molecule has 1 aromatic rings. The summed E-state index contributed by atoms with van der Waals surface area (Å²) < 4.78 is 0. The van der Waals surface area contributed by atoms with Gasteiger partial charge in [-0.3, -0.25) is 9.69 Å². The van der Waals surface area contributed by atoms with E-state index in [9.17, 15) is 4.79 Å². The van der Waals surface area contributed by atoms with Gasteiger partial charge in [-0.2, -0.15) is 0 Å². The van der Waals surface area contributed by atoms with Gasteiger partial charge in [0.05, 0.1) is 19.8 Å². The number of amides is 1. The molecule has 0 saturated heterocycles. The van der Waals surface area contributed by atoms with Gasteiger partial charge in [-0.25, -0.2) is 0 Å². The number of carbonyl (C=O) groups excluding carboxylic acids is 1. The second-order valence-corrected chi connectivity index (χ2v) is 5.06. The van der Waals surface area contributed by atoms with E-state index in [4.69, 9.17) is 10.2 Å². The van der Waals surface area contributed by atoms with Crippen molar-refractivity contribution in [2.75, 3.05) is 39.4 Å². The predicted molar refractivity (Wildman–Crippen MR) is 76.2 cm³/mol. The second-order valence-electron chi connectivity index (χ2n) is 5.06. The molecule has 0 saturated carbocycles. The quantitative estimate of drug-likeness (QED) is 0.760. The average Bonchev–Trinajstić information content (AvgIpc) is 2.47. The minimum atomic E-state index is -0.00386. The van der Waals surface area contributed by atoms with Gasteiger partial charge in [0.25, 0.3) is 0 Å². The normalized spacial score (nSPS) is 14.4. The van der Waals surface area contributed by atoms with Gasteiger partial charge in [0.1, 0.15) is 0 Å². The van der Waals surface area contributed by atoms with Crippen LogP contribution in [-0.4, -0.2) is 65.3 Å². The average molecular weight is 278 g/mol. The maximum atomic E-state index is 12.3. The van der Waals surface area contributed by atoms with Crippen molar-refractivity contribution in [3.63, 3.8) is 0 Å². The smallest absolute Gasteiger partial charge is 0.237 e. The Bertz CT molecular complexity index is 444. The summed E-state index contributed by atoms with van der Waals surface area (Å²) in [7, 11) is 0. The maximum absolute atomic E-state index is 12.3. The van der Waals surface area contributed by atoms with Crippen molar-refractivity contribution in [3.05, 3.63) is 35.4 Å². The molecule has 0 fully saturated rings. The third-order valence-corrected chi connectivity index (χ3v) is 3.67.